The van der Waals surface area contributed by atoms with E-state index in [0.29, 0.717) is 17.8 Å². The van der Waals surface area contributed by atoms with Crippen molar-refractivity contribution in [2.45, 2.75) is 39.0 Å². The van der Waals surface area contributed by atoms with Crippen LogP contribution in [-0.4, -0.2) is 55.7 Å². The first-order chi connectivity index (χ1) is 14.1. The van der Waals surface area contributed by atoms with Gasteiger partial charge in [0.05, 0.1) is 45.7 Å². The van der Waals surface area contributed by atoms with Gasteiger partial charge in [-0.15, -0.1) is 0 Å². The maximum atomic E-state index is 13.0. The molecule has 1 atom stereocenters. The summed E-state index contributed by atoms with van der Waals surface area (Å²) in [5.41, 5.74) is 1.43. The van der Waals surface area contributed by atoms with Gasteiger partial charge in [-0.1, -0.05) is 25.5 Å². The molecule has 2 N–H and O–H groups in total. The van der Waals surface area contributed by atoms with Crippen LogP contribution >= 0.6 is 0 Å². The standard InChI is InChI=1S/C20H26N4O5/c1-3-4-9-29-19-21-10-17-18(22-19)24(20(27)23(17)12-15(26)13-25)11-14-5-7-16(28-2)8-6-14/h5-8,10,15,25-26H,3-4,9,11-13H2,1-2H3/t15-/m1/s1. The summed E-state index contributed by atoms with van der Waals surface area (Å²) in [7, 11) is 1.59. The van der Waals surface area contributed by atoms with E-state index in [4.69, 9.17) is 9.47 Å². The smallest absolute Gasteiger partial charge is 0.330 e. The van der Waals surface area contributed by atoms with Gasteiger partial charge in [-0.05, 0) is 24.1 Å². The molecule has 0 unspecified atom stereocenters. The average Bonchev–Trinajstić information content (AvgIpc) is 2.99. The molecule has 156 valence electrons. The number of rotatable bonds is 10. The maximum Gasteiger partial charge on any atom is 0.330 e. The highest BCUT2D eigenvalue weighted by molar-refractivity contribution is 5.71. The maximum absolute atomic E-state index is 13.0. The molecule has 1 aromatic carbocycles. The van der Waals surface area contributed by atoms with Crippen molar-refractivity contribution >= 4 is 11.2 Å². The molecular weight excluding hydrogens is 376 g/mol. The number of unbranched alkanes of at least 4 members (excludes halogenated alkanes) is 1. The fraction of sp³-hybridized carbons (Fsp3) is 0.450. The number of benzene rings is 1. The van der Waals surface area contributed by atoms with Crippen LogP contribution in [0.5, 0.6) is 11.8 Å². The molecule has 0 fully saturated rings. The number of methoxy groups -OCH3 is 1. The second-order valence-corrected chi connectivity index (χ2v) is 6.73. The summed E-state index contributed by atoms with van der Waals surface area (Å²) >= 11 is 0. The number of aliphatic hydroxyl groups excluding tert-OH is 2. The predicted molar refractivity (Wildman–Crippen MR) is 107 cm³/mol. The second kappa shape index (κ2) is 9.53. The Kier molecular flexibility index (Phi) is 6.84. The Hall–Kier alpha value is -2.91. The minimum Gasteiger partial charge on any atom is -0.497 e. The van der Waals surface area contributed by atoms with Crippen molar-refractivity contribution in [2.24, 2.45) is 0 Å². The number of aromatic nitrogens is 4. The molecule has 2 heterocycles. The van der Waals surface area contributed by atoms with Crippen LogP contribution < -0.4 is 15.2 Å². The lowest BCUT2D eigenvalue weighted by molar-refractivity contribution is 0.0812. The van der Waals surface area contributed by atoms with Crippen molar-refractivity contribution in [1.29, 1.82) is 0 Å². The summed E-state index contributed by atoms with van der Waals surface area (Å²) in [5, 5.41) is 19.0. The van der Waals surface area contributed by atoms with Crippen LogP contribution in [-0.2, 0) is 13.1 Å². The Morgan fingerprint density at radius 2 is 1.97 bits per heavy atom. The molecule has 3 rings (SSSR count). The summed E-state index contributed by atoms with van der Waals surface area (Å²) in [5.74, 6) is 0.725. The monoisotopic (exact) mass is 402 g/mol. The largest absolute Gasteiger partial charge is 0.497 e. The zero-order valence-electron chi connectivity index (χ0n) is 16.6. The van der Waals surface area contributed by atoms with Crippen LogP contribution in [0, 0.1) is 0 Å². The van der Waals surface area contributed by atoms with Gasteiger partial charge in [0.25, 0.3) is 0 Å². The van der Waals surface area contributed by atoms with E-state index < -0.39 is 12.7 Å². The van der Waals surface area contributed by atoms with Crippen LogP contribution in [0.2, 0.25) is 0 Å². The van der Waals surface area contributed by atoms with E-state index in [1.807, 2.05) is 24.3 Å². The van der Waals surface area contributed by atoms with Crippen molar-refractivity contribution in [1.82, 2.24) is 19.1 Å². The molecule has 9 heteroatoms. The van der Waals surface area contributed by atoms with Crippen molar-refractivity contribution in [2.75, 3.05) is 20.3 Å². The van der Waals surface area contributed by atoms with E-state index in [-0.39, 0.29) is 24.8 Å². The Labute approximate surface area is 168 Å². The van der Waals surface area contributed by atoms with Gasteiger partial charge in [0.15, 0.2) is 5.65 Å². The molecule has 0 spiro atoms. The highest BCUT2D eigenvalue weighted by Crippen LogP contribution is 2.17. The molecule has 0 aliphatic heterocycles. The van der Waals surface area contributed by atoms with Gasteiger partial charge in [0, 0.05) is 0 Å². The number of aliphatic hydroxyl groups is 2. The third-order valence-corrected chi connectivity index (χ3v) is 4.57. The Morgan fingerprint density at radius 3 is 2.62 bits per heavy atom. The minimum absolute atomic E-state index is 0.0547. The molecule has 9 nitrogen and oxygen atoms in total. The van der Waals surface area contributed by atoms with Gasteiger partial charge in [-0.3, -0.25) is 9.13 Å². The summed E-state index contributed by atoms with van der Waals surface area (Å²) in [6, 6.07) is 7.59. The summed E-state index contributed by atoms with van der Waals surface area (Å²) < 4.78 is 13.6. The fourth-order valence-electron chi connectivity index (χ4n) is 2.96. The molecule has 2 aromatic heterocycles. The van der Waals surface area contributed by atoms with Crippen LogP contribution in [0.1, 0.15) is 25.3 Å². The van der Waals surface area contributed by atoms with Crippen molar-refractivity contribution in [3.8, 4) is 11.8 Å². The number of hydrogen-bond donors (Lipinski definition) is 2. The Bertz CT molecular complexity index is 997. The molecular formula is C20H26N4O5. The highest BCUT2D eigenvalue weighted by Gasteiger charge is 2.18. The summed E-state index contributed by atoms with van der Waals surface area (Å²) in [4.78, 5) is 21.7. The lowest BCUT2D eigenvalue weighted by Gasteiger charge is -2.08. The number of fused-ring (bicyclic) bond motifs is 1. The zero-order valence-corrected chi connectivity index (χ0v) is 16.6. The summed E-state index contributed by atoms with van der Waals surface area (Å²) in [6.45, 7) is 2.34. The Morgan fingerprint density at radius 1 is 1.21 bits per heavy atom. The lowest BCUT2D eigenvalue weighted by atomic mass is 10.2. The summed E-state index contributed by atoms with van der Waals surface area (Å²) in [6.07, 6.45) is 2.32. The van der Waals surface area contributed by atoms with Crippen molar-refractivity contribution in [3.63, 3.8) is 0 Å². The van der Waals surface area contributed by atoms with Gasteiger partial charge in [-0.25, -0.2) is 9.78 Å². The SMILES string of the molecule is CCCCOc1ncc2c(n1)n(Cc1ccc(OC)cc1)c(=O)n2C[C@@H](O)CO. The topological polar surface area (TPSA) is 112 Å². The molecule has 29 heavy (non-hydrogen) atoms. The first-order valence-electron chi connectivity index (χ1n) is 9.58. The van der Waals surface area contributed by atoms with E-state index in [1.165, 1.54) is 15.3 Å². The molecule has 0 bridgehead atoms. The minimum atomic E-state index is -1.06. The molecule has 0 aliphatic rings. The molecule has 3 aromatic rings. The zero-order chi connectivity index (χ0) is 20.8. The fourth-order valence-corrected chi connectivity index (χ4v) is 2.96. The first-order valence-corrected chi connectivity index (χ1v) is 9.58. The predicted octanol–water partition coefficient (Wildman–Crippen LogP) is 1.18. The lowest BCUT2D eigenvalue weighted by Crippen LogP contribution is -2.30. The number of nitrogens with zero attached hydrogens (tertiary/aromatic N) is 4. The van der Waals surface area contributed by atoms with Gasteiger partial charge in [0.2, 0.25) is 0 Å². The third kappa shape index (κ3) is 4.75. The molecule has 0 amide bonds. The molecule has 0 radical (unpaired) electrons. The van der Waals surface area contributed by atoms with E-state index in [0.717, 1.165) is 24.2 Å². The van der Waals surface area contributed by atoms with Crippen LogP contribution in [0.15, 0.2) is 35.3 Å². The first kappa shape index (κ1) is 20.8. The average molecular weight is 402 g/mol. The van der Waals surface area contributed by atoms with Crippen LogP contribution in [0.4, 0.5) is 0 Å². The van der Waals surface area contributed by atoms with Crippen molar-refractivity contribution < 1.29 is 19.7 Å². The Balaban J connectivity index is 2.02. The van der Waals surface area contributed by atoms with Gasteiger partial charge in [-0.2, -0.15) is 4.98 Å². The normalized spacial score (nSPS) is 12.3. The second-order valence-electron chi connectivity index (χ2n) is 6.73. The van der Waals surface area contributed by atoms with Crippen LogP contribution in [0.25, 0.3) is 11.2 Å². The van der Waals surface area contributed by atoms with E-state index >= 15 is 0 Å². The quantitative estimate of drug-likeness (QED) is 0.490. The van der Waals surface area contributed by atoms with E-state index in [2.05, 4.69) is 16.9 Å². The molecule has 0 aliphatic carbocycles. The number of imidazole rings is 1. The van der Waals surface area contributed by atoms with Gasteiger partial charge < -0.3 is 19.7 Å². The highest BCUT2D eigenvalue weighted by atomic mass is 16.5. The molecule has 0 saturated carbocycles. The molecule has 0 saturated heterocycles. The third-order valence-electron chi connectivity index (χ3n) is 4.57. The number of hydrogen-bond acceptors (Lipinski definition) is 7. The van der Waals surface area contributed by atoms with Gasteiger partial charge >= 0.3 is 11.7 Å². The van der Waals surface area contributed by atoms with Crippen LogP contribution in [0.3, 0.4) is 0 Å². The van der Waals surface area contributed by atoms with Gasteiger partial charge in [0.1, 0.15) is 11.3 Å². The number of ether oxygens (including phenoxy) is 2. The van der Waals surface area contributed by atoms with Crippen molar-refractivity contribution in [3.05, 3.63) is 46.5 Å². The van der Waals surface area contributed by atoms with E-state index in [1.54, 1.807) is 7.11 Å². The van der Waals surface area contributed by atoms with E-state index in [9.17, 15) is 15.0 Å².